The van der Waals surface area contributed by atoms with Crippen molar-refractivity contribution in [2.24, 2.45) is 17.8 Å². The SMILES string of the molecule is O=C1CC/C=C\CCCC(CC2CCCCC2)C(=O)OCC(C2CCCCC2)N1. The number of carbonyl (C=O) groups is 2. The van der Waals surface area contributed by atoms with Crippen molar-refractivity contribution in [2.75, 3.05) is 6.61 Å². The van der Waals surface area contributed by atoms with Crippen LogP contribution in [0.3, 0.4) is 0 Å². The fraction of sp³-hybridized carbons (Fsp3) is 0.840. The Balaban J connectivity index is 1.64. The molecule has 1 amide bonds. The number of carbonyl (C=O) groups excluding carboxylic acids is 2. The maximum absolute atomic E-state index is 13.0. The Labute approximate surface area is 177 Å². The van der Waals surface area contributed by atoms with Crippen molar-refractivity contribution in [3.05, 3.63) is 12.2 Å². The molecule has 2 fully saturated rings. The molecule has 1 heterocycles. The lowest BCUT2D eigenvalue weighted by molar-refractivity contribution is -0.151. The van der Waals surface area contributed by atoms with Gasteiger partial charge in [0.1, 0.15) is 6.61 Å². The van der Waals surface area contributed by atoms with E-state index in [1.807, 2.05) is 0 Å². The largest absolute Gasteiger partial charge is 0.463 e. The zero-order valence-corrected chi connectivity index (χ0v) is 18.2. The number of rotatable bonds is 3. The molecule has 0 radical (unpaired) electrons. The van der Waals surface area contributed by atoms with Gasteiger partial charge in [0, 0.05) is 6.42 Å². The van der Waals surface area contributed by atoms with Crippen molar-refractivity contribution < 1.29 is 14.3 Å². The minimum atomic E-state index is -0.0216. The van der Waals surface area contributed by atoms with E-state index >= 15 is 0 Å². The summed E-state index contributed by atoms with van der Waals surface area (Å²) in [5.74, 6) is 1.23. The highest BCUT2D eigenvalue weighted by Crippen LogP contribution is 2.32. The highest BCUT2D eigenvalue weighted by molar-refractivity contribution is 5.76. The minimum Gasteiger partial charge on any atom is -0.463 e. The number of ether oxygens (including phenoxy) is 1. The smallest absolute Gasteiger partial charge is 0.309 e. The summed E-state index contributed by atoms with van der Waals surface area (Å²) >= 11 is 0. The van der Waals surface area contributed by atoms with Gasteiger partial charge in [0.05, 0.1) is 12.0 Å². The molecule has 3 rings (SSSR count). The third-order valence-corrected chi connectivity index (χ3v) is 7.27. The van der Waals surface area contributed by atoms with Gasteiger partial charge in [-0.25, -0.2) is 0 Å². The Morgan fingerprint density at radius 2 is 1.52 bits per heavy atom. The highest BCUT2D eigenvalue weighted by atomic mass is 16.5. The van der Waals surface area contributed by atoms with E-state index in [1.54, 1.807) is 0 Å². The van der Waals surface area contributed by atoms with Crippen LogP contribution in [0.4, 0.5) is 0 Å². The number of hydrogen-bond donors (Lipinski definition) is 1. The van der Waals surface area contributed by atoms with Gasteiger partial charge in [-0.1, -0.05) is 63.5 Å². The van der Waals surface area contributed by atoms with Gasteiger partial charge in [-0.3, -0.25) is 9.59 Å². The van der Waals surface area contributed by atoms with Crippen LogP contribution in [0.1, 0.15) is 103 Å². The molecule has 0 aromatic carbocycles. The minimum absolute atomic E-state index is 0.0194. The predicted molar refractivity (Wildman–Crippen MR) is 116 cm³/mol. The topological polar surface area (TPSA) is 55.4 Å². The van der Waals surface area contributed by atoms with E-state index in [4.69, 9.17) is 4.74 Å². The van der Waals surface area contributed by atoms with E-state index in [9.17, 15) is 9.59 Å². The average molecular weight is 404 g/mol. The predicted octanol–water partition coefficient (Wildman–Crippen LogP) is 5.70. The number of nitrogens with one attached hydrogen (secondary N) is 1. The highest BCUT2D eigenvalue weighted by Gasteiger charge is 2.29. The molecule has 2 aliphatic carbocycles. The lowest BCUT2D eigenvalue weighted by Gasteiger charge is -2.31. The van der Waals surface area contributed by atoms with Crippen LogP contribution in [0.25, 0.3) is 0 Å². The molecule has 2 saturated carbocycles. The summed E-state index contributed by atoms with van der Waals surface area (Å²) in [7, 11) is 0. The van der Waals surface area contributed by atoms with Crippen molar-refractivity contribution in [1.29, 1.82) is 0 Å². The summed E-state index contributed by atoms with van der Waals surface area (Å²) in [6.07, 6.45) is 22.1. The standard InChI is InChI=1S/C25H41NO3/c27-24-17-11-3-1-2-8-16-22(18-20-12-6-4-7-13-20)25(28)29-19-23(26-24)21-14-9-5-10-15-21/h1,3,20-23H,2,4-19H2,(H,26,27)/b3-1-. The van der Waals surface area contributed by atoms with Crippen molar-refractivity contribution >= 4 is 11.9 Å². The van der Waals surface area contributed by atoms with E-state index < -0.39 is 0 Å². The zero-order valence-electron chi connectivity index (χ0n) is 18.2. The normalized spacial score (nSPS) is 30.8. The second-order valence-corrected chi connectivity index (χ2v) is 9.58. The quantitative estimate of drug-likeness (QED) is 0.486. The van der Waals surface area contributed by atoms with Crippen LogP contribution < -0.4 is 5.32 Å². The van der Waals surface area contributed by atoms with E-state index in [0.717, 1.165) is 44.9 Å². The van der Waals surface area contributed by atoms with Crippen LogP contribution in [0.15, 0.2) is 12.2 Å². The molecule has 0 spiro atoms. The third kappa shape index (κ3) is 7.79. The molecule has 3 aliphatic rings. The van der Waals surface area contributed by atoms with Crippen LogP contribution >= 0.6 is 0 Å². The van der Waals surface area contributed by atoms with Crippen LogP contribution in [-0.4, -0.2) is 24.5 Å². The van der Waals surface area contributed by atoms with E-state index in [0.29, 0.717) is 24.9 Å². The van der Waals surface area contributed by atoms with Crippen LogP contribution in [0, 0.1) is 17.8 Å². The number of cyclic esters (lactones) is 1. The molecule has 1 N–H and O–H groups in total. The first-order chi connectivity index (χ1) is 14.2. The van der Waals surface area contributed by atoms with Crippen molar-refractivity contribution in [3.8, 4) is 0 Å². The zero-order chi connectivity index (χ0) is 20.3. The Kier molecular flexibility index (Phi) is 9.56. The molecule has 1 aliphatic heterocycles. The second-order valence-electron chi connectivity index (χ2n) is 9.58. The molecule has 0 aromatic rings. The van der Waals surface area contributed by atoms with Gasteiger partial charge in [-0.15, -0.1) is 0 Å². The number of allylic oxidation sites excluding steroid dienone is 2. The molecule has 2 atom stereocenters. The Morgan fingerprint density at radius 1 is 0.828 bits per heavy atom. The fourth-order valence-electron chi connectivity index (χ4n) is 5.49. The van der Waals surface area contributed by atoms with E-state index in [2.05, 4.69) is 17.5 Å². The van der Waals surface area contributed by atoms with Crippen LogP contribution in [0.2, 0.25) is 0 Å². The summed E-state index contributed by atoms with van der Waals surface area (Å²) in [6.45, 7) is 0.353. The summed E-state index contributed by atoms with van der Waals surface area (Å²) in [6, 6.07) is -0.0194. The molecule has 0 aromatic heterocycles. The van der Waals surface area contributed by atoms with E-state index in [-0.39, 0.29) is 23.8 Å². The number of amides is 1. The third-order valence-electron chi connectivity index (χ3n) is 7.27. The van der Waals surface area contributed by atoms with Gasteiger partial charge in [0.2, 0.25) is 5.91 Å². The van der Waals surface area contributed by atoms with Crippen molar-refractivity contribution in [2.45, 2.75) is 109 Å². The Bertz CT molecular complexity index is 532. The Hall–Kier alpha value is -1.32. The van der Waals surface area contributed by atoms with Gasteiger partial charge in [0.15, 0.2) is 0 Å². The van der Waals surface area contributed by atoms with Gasteiger partial charge in [0.25, 0.3) is 0 Å². The lowest BCUT2D eigenvalue weighted by Crippen LogP contribution is -2.45. The van der Waals surface area contributed by atoms with Gasteiger partial charge >= 0.3 is 5.97 Å². The van der Waals surface area contributed by atoms with Crippen molar-refractivity contribution in [3.63, 3.8) is 0 Å². The maximum Gasteiger partial charge on any atom is 0.309 e. The summed E-state index contributed by atoms with van der Waals surface area (Å²) in [5.41, 5.74) is 0. The Morgan fingerprint density at radius 3 is 2.28 bits per heavy atom. The molecule has 29 heavy (non-hydrogen) atoms. The molecule has 4 nitrogen and oxygen atoms in total. The first-order valence-electron chi connectivity index (χ1n) is 12.3. The first kappa shape index (κ1) is 22.4. The molecule has 0 saturated heterocycles. The van der Waals surface area contributed by atoms with Crippen LogP contribution in [-0.2, 0) is 14.3 Å². The summed E-state index contributed by atoms with van der Waals surface area (Å²) < 4.78 is 5.88. The van der Waals surface area contributed by atoms with Gasteiger partial charge < -0.3 is 10.1 Å². The second kappa shape index (κ2) is 12.4. The lowest BCUT2D eigenvalue weighted by atomic mass is 9.81. The van der Waals surface area contributed by atoms with Crippen LogP contribution in [0.5, 0.6) is 0 Å². The maximum atomic E-state index is 13.0. The number of esters is 1. The molecular formula is C25H41NO3. The molecule has 0 bridgehead atoms. The molecule has 2 unspecified atom stereocenters. The molecule has 164 valence electrons. The number of hydrogen-bond acceptors (Lipinski definition) is 3. The molecular weight excluding hydrogens is 362 g/mol. The fourth-order valence-corrected chi connectivity index (χ4v) is 5.49. The summed E-state index contributed by atoms with van der Waals surface area (Å²) in [4.78, 5) is 25.4. The molecule has 4 heteroatoms. The van der Waals surface area contributed by atoms with E-state index in [1.165, 1.54) is 51.4 Å². The summed E-state index contributed by atoms with van der Waals surface area (Å²) in [5, 5.41) is 3.21. The average Bonchev–Trinajstić information content (AvgIpc) is 2.75. The van der Waals surface area contributed by atoms with Gasteiger partial charge in [-0.2, -0.15) is 0 Å². The van der Waals surface area contributed by atoms with Gasteiger partial charge in [-0.05, 0) is 56.8 Å². The first-order valence-corrected chi connectivity index (χ1v) is 12.3. The monoisotopic (exact) mass is 403 g/mol. The van der Waals surface area contributed by atoms with Crippen molar-refractivity contribution in [1.82, 2.24) is 5.32 Å².